The maximum atomic E-state index is 12.1. The largest absolute Gasteiger partial charge is 0.297 e. The number of halogens is 1. The van der Waals surface area contributed by atoms with Crippen LogP contribution in [0.4, 0.5) is 5.13 Å². The molecule has 8 heteroatoms. The summed E-state index contributed by atoms with van der Waals surface area (Å²) in [6.07, 6.45) is 3.13. The zero-order chi connectivity index (χ0) is 17.9. The lowest BCUT2D eigenvalue weighted by Gasteiger charge is -1.97. The molecule has 4 aromatic rings. The lowest BCUT2D eigenvalue weighted by atomic mass is 10.2. The van der Waals surface area contributed by atoms with E-state index in [9.17, 15) is 4.79 Å². The molecule has 5 nitrogen and oxygen atoms in total. The van der Waals surface area contributed by atoms with Crippen molar-refractivity contribution in [1.82, 2.24) is 15.2 Å². The van der Waals surface area contributed by atoms with E-state index in [0.717, 1.165) is 20.8 Å². The highest BCUT2D eigenvalue weighted by atomic mass is 35.5. The Kier molecular flexibility index (Phi) is 4.75. The highest BCUT2D eigenvalue weighted by Gasteiger charge is 2.11. The van der Waals surface area contributed by atoms with Crippen LogP contribution in [0, 0.1) is 0 Å². The van der Waals surface area contributed by atoms with E-state index >= 15 is 0 Å². The Hall–Kier alpha value is -2.61. The maximum absolute atomic E-state index is 12.1. The number of thiazole rings is 1. The minimum absolute atomic E-state index is 0.286. The van der Waals surface area contributed by atoms with Crippen molar-refractivity contribution in [3.8, 4) is 10.6 Å². The van der Waals surface area contributed by atoms with Crippen molar-refractivity contribution < 1.29 is 4.79 Å². The zero-order valence-electron chi connectivity index (χ0n) is 13.2. The van der Waals surface area contributed by atoms with Crippen LogP contribution < -0.4 is 5.32 Å². The zero-order valence-corrected chi connectivity index (χ0v) is 15.6. The highest BCUT2D eigenvalue weighted by Crippen LogP contribution is 2.31. The van der Waals surface area contributed by atoms with Gasteiger partial charge < -0.3 is 0 Å². The molecule has 1 N–H and O–H groups in total. The van der Waals surface area contributed by atoms with Crippen molar-refractivity contribution in [3.63, 3.8) is 0 Å². The number of nitrogens with one attached hydrogen (secondary N) is 1. The minimum Gasteiger partial charge on any atom is -0.297 e. The van der Waals surface area contributed by atoms with Crippen molar-refractivity contribution in [2.75, 3.05) is 5.32 Å². The van der Waals surface area contributed by atoms with E-state index in [1.165, 1.54) is 28.7 Å². The van der Waals surface area contributed by atoms with Gasteiger partial charge in [-0.3, -0.25) is 10.1 Å². The highest BCUT2D eigenvalue weighted by molar-refractivity contribution is 7.19. The third-order valence-corrected chi connectivity index (χ3v) is 5.65. The minimum atomic E-state index is -0.286. The molecule has 2 aromatic heterocycles. The summed E-state index contributed by atoms with van der Waals surface area (Å²) in [5.74, 6) is -0.286. The third kappa shape index (κ3) is 3.65. The van der Waals surface area contributed by atoms with E-state index in [-0.39, 0.29) is 5.91 Å². The normalized spacial score (nSPS) is 11.3. The number of para-hydroxylation sites is 1. The number of hydrogen-bond acceptors (Lipinski definition) is 6. The SMILES string of the molecule is O=C(/C=C/c1nc2ccccc2s1)Nc1nnc(-c2ccccc2Cl)s1. The second-order valence-corrected chi connectivity index (χ2v) is 7.68. The lowest BCUT2D eigenvalue weighted by molar-refractivity contribution is -0.111. The first-order chi connectivity index (χ1) is 12.7. The van der Waals surface area contributed by atoms with Crippen molar-refractivity contribution in [2.24, 2.45) is 0 Å². The van der Waals surface area contributed by atoms with E-state index in [4.69, 9.17) is 11.6 Å². The fraction of sp³-hybridized carbons (Fsp3) is 0. The molecule has 0 fully saturated rings. The summed E-state index contributed by atoms with van der Waals surface area (Å²) in [6, 6.07) is 15.2. The molecule has 0 saturated carbocycles. The molecule has 0 aliphatic rings. The second-order valence-electron chi connectivity index (χ2n) is 5.23. The number of anilines is 1. The Bertz CT molecular complexity index is 1090. The van der Waals surface area contributed by atoms with E-state index in [1.54, 1.807) is 12.1 Å². The van der Waals surface area contributed by atoms with Gasteiger partial charge in [0, 0.05) is 11.6 Å². The Balaban J connectivity index is 1.46. The molecule has 0 atom stereocenters. The predicted octanol–water partition coefficient (Wildman–Crippen LogP) is 5.12. The lowest BCUT2D eigenvalue weighted by Crippen LogP contribution is -2.07. The van der Waals surface area contributed by atoms with Crippen LogP contribution in [-0.4, -0.2) is 21.1 Å². The Labute approximate surface area is 162 Å². The van der Waals surface area contributed by atoms with E-state index < -0.39 is 0 Å². The average Bonchev–Trinajstić information content (AvgIpc) is 3.27. The molecular weight excluding hydrogens is 388 g/mol. The first-order valence-corrected chi connectivity index (χ1v) is 9.63. The smallest absolute Gasteiger partial charge is 0.250 e. The summed E-state index contributed by atoms with van der Waals surface area (Å²) in [4.78, 5) is 16.6. The number of carbonyl (C=O) groups is 1. The molecule has 2 aromatic carbocycles. The van der Waals surface area contributed by atoms with Gasteiger partial charge in [-0.25, -0.2) is 4.98 Å². The number of amides is 1. The number of benzene rings is 2. The molecule has 26 heavy (non-hydrogen) atoms. The quantitative estimate of drug-likeness (QED) is 0.484. The molecular formula is C18H11ClN4OS2. The summed E-state index contributed by atoms with van der Waals surface area (Å²) in [6.45, 7) is 0. The topological polar surface area (TPSA) is 67.8 Å². The number of fused-ring (bicyclic) bond motifs is 1. The van der Waals surface area contributed by atoms with E-state index in [0.29, 0.717) is 15.2 Å². The van der Waals surface area contributed by atoms with Crippen molar-refractivity contribution in [3.05, 3.63) is 64.6 Å². The molecule has 0 saturated heterocycles. The second kappa shape index (κ2) is 7.33. The van der Waals surface area contributed by atoms with Crippen LogP contribution in [0.1, 0.15) is 5.01 Å². The van der Waals surface area contributed by atoms with E-state index in [1.807, 2.05) is 42.5 Å². The monoisotopic (exact) mass is 398 g/mol. The number of hydrogen-bond donors (Lipinski definition) is 1. The summed E-state index contributed by atoms with van der Waals surface area (Å²) in [5, 5.41) is 13.2. The van der Waals surface area contributed by atoms with Gasteiger partial charge in [-0.1, -0.05) is 53.3 Å². The standard InChI is InChI=1S/C18H11ClN4OS2/c19-12-6-2-1-5-11(12)17-22-23-18(26-17)21-15(24)9-10-16-20-13-7-3-4-8-14(13)25-16/h1-10H,(H,21,23,24)/b10-9+. The van der Waals surface area contributed by atoms with Gasteiger partial charge in [0.2, 0.25) is 11.0 Å². The Morgan fingerprint density at radius 1 is 1.04 bits per heavy atom. The summed E-state index contributed by atoms with van der Waals surface area (Å²) >= 11 is 8.96. The molecule has 4 rings (SSSR count). The number of nitrogens with zero attached hydrogens (tertiary/aromatic N) is 3. The van der Waals surface area contributed by atoms with Crippen LogP contribution in [0.5, 0.6) is 0 Å². The number of carbonyl (C=O) groups excluding carboxylic acids is 1. The number of rotatable bonds is 4. The molecule has 1 amide bonds. The van der Waals surface area contributed by atoms with Crippen molar-refractivity contribution >= 4 is 61.6 Å². The van der Waals surface area contributed by atoms with Crippen LogP contribution >= 0.6 is 34.3 Å². The van der Waals surface area contributed by atoms with Gasteiger partial charge in [-0.05, 0) is 24.3 Å². The molecule has 0 radical (unpaired) electrons. The Morgan fingerprint density at radius 3 is 2.69 bits per heavy atom. The van der Waals surface area contributed by atoms with E-state index in [2.05, 4.69) is 20.5 Å². The van der Waals surface area contributed by atoms with Crippen molar-refractivity contribution in [1.29, 1.82) is 0 Å². The van der Waals surface area contributed by atoms with Gasteiger partial charge in [-0.15, -0.1) is 21.5 Å². The first-order valence-electron chi connectivity index (χ1n) is 7.62. The van der Waals surface area contributed by atoms with Gasteiger partial charge in [-0.2, -0.15) is 0 Å². The maximum Gasteiger partial charge on any atom is 0.250 e. The van der Waals surface area contributed by atoms with Crippen LogP contribution in [0.3, 0.4) is 0 Å². The third-order valence-electron chi connectivity index (χ3n) is 3.45. The van der Waals surface area contributed by atoms with Gasteiger partial charge in [0.15, 0.2) is 5.01 Å². The Morgan fingerprint density at radius 2 is 1.85 bits per heavy atom. The van der Waals surface area contributed by atoms with Crippen LogP contribution in [0.2, 0.25) is 5.02 Å². The van der Waals surface area contributed by atoms with Crippen LogP contribution in [0.25, 0.3) is 26.9 Å². The van der Waals surface area contributed by atoms with Crippen molar-refractivity contribution in [2.45, 2.75) is 0 Å². The average molecular weight is 399 g/mol. The molecule has 0 aliphatic heterocycles. The molecule has 128 valence electrons. The van der Waals surface area contributed by atoms with Gasteiger partial charge in [0.25, 0.3) is 0 Å². The van der Waals surface area contributed by atoms with Crippen LogP contribution in [-0.2, 0) is 4.79 Å². The van der Waals surface area contributed by atoms with Gasteiger partial charge >= 0.3 is 0 Å². The molecule has 0 unspecified atom stereocenters. The van der Waals surface area contributed by atoms with Gasteiger partial charge in [0.1, 0.15) is 5.01 Å². The molecule has 0 spiro atoms. The number of aromatic nitrogens is 3. The van der Waals surface area contributed by atoms with Gasteiger partial charge in [0.05, 0.1) is 15.2 Å². The predicted molar refractivity (Wildman–Crippen MR) is 108 cm³/mol. The summed E-state index contributed by atoms with van der Waals surface area (Å²) < 4.78 is 1.08. The fourth-order valence-electron chi connectivity index (χ4n) is 2.27. The first kappa shape index (κ1) is 16.8. The molecule has 2 heterocycles. The summed E-state index contributed by atoms with van der Waals surface area (Å²) in [5.41, 5.74) is 1.71. The fourth-order valence-corrected chi connectivity index (χ4v) is 4.21. The van der Waals surface area contributed by atoms with Crippen LogP contribution in [0.15, 0.2) is 54.6 Å². The molecule has 0 bridgehead atoms. The molecule has 0 aliphatic carbocycles. The summed E-state index contributed by atoms with van der Waals surface area (Å²) in [7, 11) is 0.